The zero-order valence-electron chi connectivity index (χ0n) is 10.4. The summed E-state index contributed by atoms with van der Waals surface area (Å²) >= 11 is 0. The highest BCUT2D eigenvalue weighted by Crippen LogP contribution is 2.24. The number of hydrogen-bond acceptors (Lipinski definition) is 5. The van der Waals surface area contributed by atoms with E-state index in [1.165, 1.54) is 7.11 Å². The van der Waals surface area contributed by atoms with Crippen molar-refractivity contribution >= 4 is 5.97 Å². The summed E-state index contributed by atoms with van der Waals surface area (Å²) in [4.78, 5) is 11.4. The van der Waals surface area contributed by atoms with Crippen molar-refractivity contribution in [3.05, 3.63) is 28.8 Å². The van der Waals surface area contributed by atoms with Crippen molar-refractivity contribution in [1.29, 1.82) is 5.26 Å². The number of rotatable bonds is 5. The SMILES string of the molecule is CCOC(=O)Cc1cc(CO)cc(OC)c1C#N. The van der Waals surface area contributed by atoms with Crippen molar-refractivity contribution in [2.75, 3.05) is 13.7 Å². The Hall–Kier alpha value is -2.06. The summed E-state index contributed by atoms with van der Waals surface area (Å²) in [5.74, 6) is -0.0607. The molecule has 0 fully saturated rings. The molecule has 0 bridgehead atoms. The van der Waals surface area contributed by atoms with Crippen LogP contribution in [0.1, 0.15) is 23.6 Å². The van der Waals surface area contributed by atoms with Crippen molar-refractivity contribution in [2.45, 2.75) is 20.0 Å². The van der Waals surface area contributed by atoms with E-state index in [1.54, 1.807) is 19.1 Å². The van der Waals surface area contributed by atoms with Crippen LogP contribution in [0.15, 0.2) is 12.1 Å². The van der Waals surface area contributed by atoms with E-state index in [4.69, 9.17) is 19.8 Å². The van der Waals surface area contributed by atoms with Gasteiger partial charge in [0.1, 0.15) is 11.8 Å². The van der Waals surface area contributed by atoms with Crippen LogP contribution in [0.3, 0.4) is 0 Å². The largest absolute Gasteiger partial charge is 0.495 e. The average molecular weight is 249 g/mol. The summed E-state index contributed by atoms with van der Waals surface area (Å²) in [6.07, 6.45) is -0.0130. The van der Waals surface area contributed by atoms with Gasteiger partial charge in [-0.15, -0.1) is 0 Å². The number of nitriles is 1. The molecule has 1 rings (SSSR count). The van der Waals surface area contributed by atoms with Gasteiger partial charge in [0.05, 0.1) is 32.3 Å². The van der Waals surface area contributed by atoms with Crippen molar-refractivity contribution in [2.24, 2.45) is 0 Å². The maximum Gasteiger partial charge on any atom is 0.310 e. The van der Waals surface area contributed by atoms with Gasteiger partial charge in [-0.2, -0.15) is 5.26 Å². The van der Waals surface area contributed by atoms with Crippen molar-refractivity contribution in [3.63, 3.8) is 0 Å². The van der Waals surface area contributed by atoms with Crippen molar-refractivity contribution in [1.82, 2.24) is 0 Å². The normalized spacial score (nSPS) is 9.67. The van der Waals surface area contributed by atoms with Gasteiger partial charge in [0, 0.05) is 0 Å². The lowest BCUT2D eigenvalue weighted by atomic mass is 10.0. The highest BCUT2D eigenvalue weighted by molar-refractivity contribution is 5.74. The zero-order valence-corrected chi connectivity index (χ0v) is 10.4. The van der Waals surface area contributed by atoms with Crippen LogP contribution < -0.4 is 4.74 Å². The standard InChI is InChI=1S/C13H15NO4/c1-3-18-13(16)6-10-4-9(8-15)5-12(17-2)11(10)7-14/h4-5,15H,3,6,8H2,1-2H3. The van der Waals surface area contributed by atoms with Gasteiger partial charge < -0.3 is 14.6 Å². The highest BCUT2D eigenvalue weighted by atomic mass is 16.5. The lowest BCUT2D eigenvalue weighted by molar-refractivity contribution is -0.142. The Kier molecular flexibility index (Phi) is 5.15. The first-order valence-electron chi connectivity index (χ1n) is 5.52. The van der Waals surface area contributed by atoms with E-state index >= 15 is 0 Å². The van der Waals surface area contributed by atoms with E-state index in [-0.39, 0.29) is 19.6 Å². The molecule has 0 aromatic heterocycles. The third-order valence-corrected chi connectivity index (χ3v) is 2.40. The third kappa shape index (κ3) is 3.22. The number of hydrogen-bond donors (Lipinski definition) is 1. The molecule has 5 heteroatoms. The van der Waals surface area contributed by atoms with Gasteiger partial charge in [0.25, 0.3) is 0 Å². The van der Waals surface area contributed by atoms with E-state index in [1.807, 2.05) is 6.07 Å². The van der Waals surface area contributed by atoms with E-state index in [9.17, 15) is 4.79 Å². The summed E-state index contributed by atoms with van der Waals surface area (Å²) in [6.45, 7) is 1.82. The number of ether oxygens (including phenoxy) is 2. The topological polar surface area (TPSA) is 79.6 Å². The summed E-state index contributed by atoms with van der Waals surface area (Å²) < 4.78 is 9.92. The zero-order chi connectivity index (χ0) is 13.5. The lowest BCUT2D eigenvalue weighted by Gasteiger charge is -2.10. The molecule has 0 radical (unpaired) electrons. The van der Waals surface area contributed by atoms with Gasteiger partial charge in [-0.25, -0.2) is 0 Å². The monoisotopic (exact) mass is 249 g/mol. The first kappa shape index (κ1) is 14.0. The van der Waals surface area contributed by atoms with Gasteiger partial charge in [0.15, 0.2) is 0 Å². The molecule has 18 heavy (non-hydrogen) atoms. The molecule has 1 aromatic rings. The molecule has 0 saturated heterocycles. The number of carbonyl (C=O) groups excluding carboxylic acids is 1. The maximum absolute atomic E-state index is 11.4. The molecule has 0 aliphatic rings. The second-order valence-electron chi connectivity index (χ2n) is 3.58. The van der Waals surface area contributed by atoms with E-state index in [0.29, 0.717) is 22.4 Å². The molecule has 0 atom stereocenters. The van der Waals surface area contributed by atoms with E-state index < -0.39 is 5.97 Å². The molecule has 1 N–H and O–H groups in total. The average Bonchev–Trinajstić information content (AvgIpc) is 2.37. The Labute approximate surface area is 106 Å². The van der Waals surface area contributed by atoms with Gasteiger partial charge in [0.2, 0.25) is 0 Å². The molecule has 0 aliphatic carbocycles. The van der Waals surface area contributed by atoms with Crippen LogP contribution in [-0.4, -0.2) is 24.8 Å². The second kappa shape index (κ2) is 6.62. The molecule has 96 valence electrons. The fraction of sp³-hybridized carbons (Fsp3) is 0.385. The number of carbonyl (C=O) groups is 1. The molecule has 0 saturated carbocycles. The minimum absolute atomic E-state index is 0.0130. The number of aliphatic hydroxyl groups excluding tert-OH is 1. The van der Waals surface area contributed by atoms with E-state index in [2.05, 4.69) is 0 Å². The fourth-order valence-electron chi connectivity index (χ4n) is 1.62. The fourth-order valence-corrected chi connectivity index (χ4v) is 1.62. The smallest absolute Gasteiger partial charge is 0.310 e. The van der Waals surface area contributed by atoms with Crippen LogP contribution in [-0.2, 0) is 22.6 Å². The van der Waals surface area contributed by atoms with Crippen molar-refractivity contribution in [3.8, 4) is 11.8 Å². The first-order chi connectivity index (χ1) is 8.65. The summed E-state index contributed by atoms with van der Waals surface area (Å²) in [5.41, 5.74) is 1.38. The van der Waals surface area contributed by atoms with Crippen LogP contribution in [0, 0.1) is 11.3 Å². The third-order valence-electron chi connectivity index (χ3n) is 2.40. The Bertz CT molecular complexity index is 477. The maximum atomic E-state index is 11.4. The number of benzene rings is 1. The van der Waals surface area contributed by atoms with Crippen molar-refractivity contribution < 1.29 is 19.4 Å². The predicted molar refractivity (Wildman–Crippen MR) is 64.0 cm³/mol. The Morgan fingerprint density at radius 2 is 2.22 bits per heavy atom. The van der Waals surface area contributed by atoms with Crippen LogP contribution in [0.5, 0.6) is 5.75 Å². The molecule has 0 heterocycles. The second-order valence-corrected chi connectivity index (χ2v) is 3.58. The van der Waals surface area contributed by atoms with Gasteiger partial charge in [-0.3, -0.25) is 4.79 Å². The number of aliphatic hydroxyl groups is 1. The van der Waals surface area contributed by atoms with Gasteiger partial charge in [-0.1, -0.05) is 6.07 Å². The van der Waals surface area contributed by atoms with Crippen LogP contribution in [0.2, 0.25) is 0 Å². The lowest BCUT2D eigenvalue weighted by Crippen LogP contribution is -2.10. The molecular formula is C13H15NO4. The molecule has 0 aliphatic heterocycles. The van der Waals surface area contributed by atoms with Crippen LogP contribution in [0.4, 0.5) is 0 Å². The molecule has 1 aromatic carbocycles. The minimum atomic E-state index is -0.411. The van der Waals surface area contributed by atoms with Gasteiger partial charge in [-0.05, 0) is 24.1 Å². The molecular weight excluding hydrogens is 234 g/mol. The molecule has 5 nitrogen and oxygen atoms in total. The Morgan fingerprint density at radius 1 is 1.50 bits per heavy atom. The number of methoxy groups -OCH3 is 1. The van der Waals surface area contributed by atoms with Gasteiger partial charge >= 0.3 is 5.97 Å². The first-order valence-corrected chi connectivity index (χ1v) is 5.52. The van der Waals surface area contributed by atoms with Crippen LogP contribution in [0.25, 0.3) is 0 Å². The Morgan fingerprint density at radius 3 is 2.72 bits per heavy atom. The van der Waals surface area contributed by atoms with E-state index in [0.717, 1.165) is 0 Å². The quantitative estimate of drug-likeness (QED) is 0.792. The summed E-state index contributed by atoms with van der Waals surface area (Å²) in [7, 11) is 1.44. The highest BCUT2D eigenvalue weighted by Gasteiger charge is 2.14. The molecule has 0 amide bonds. The minimum Gasteiger partial charge on any atom is -0.495 e. The molecule has 0 unspecified atom stereocenters. The Balaban J connectivity index is 3.15. The van der Waals surface area contributed by atoms with Crippen LogP contribution >= 0.6 is 0 Å². The predicted octanol–water partition coefficient (Wildman–Crippen LogP) is 1.16. The summed E-state index contributed by atoms with van der Waals surface area (Å²) in [5, 5.41) is 18.2. The number of esters is 1. The summed E-state index contributed by atoms with van der Waals surface area (Å²) in [6, 6.07) is 5.19. The number of nitrogens with zero attached hydrogens (tertiary/aromatic N) is 1. The molecule has 0 spiro atoms.